The molecular formula is C11H22N2O2. The van der Waals surface area contributed by atoms with E-state index in [1.165, 1.54) is 19.3 Å². The summed E-state index contributed by atoms with van der Waals surface area (Å²) in [5, 5.41) is 3.40. The van der Waals surface area contributed by atoms with Gasteiger partial charge in [-0.2, -0.15) is 0 Å². The van der Waals surface area contributed by atoms with Crippen molar-refractivity contribution >= 4 is 6.09 Å². The zero-order valence-corrected chi connectivity index (χ0v) is 9.71. The molecule has 1 rings (SSSR count). The molecule has 1 aliphatic heterocycles. The molecular weight excluding hydrogens is 192 g/mol. The third kappa shape index (κ3) is 5.02. The van der Waals surface area contributed by atoms with E-state index in [0.717, 1.165) is 19.5 Å². The Bertz CT molecular complexity index is 209. The smallest absolute Gasteiger partial charge is 0.405 e. The van der Waals surface area contributed by atoms with Crippen molar-refractivity contribution in [3.05, 3.63) is 0 Å². The molecule has 1 aliphatic rings. The van der Waals surface area contributed by atoms with Crippen LogP contribution >= 0.6 is 0 Å². The monoisotopic (exact) mass is 214 g/mol. The maximum Gasteiger partial charge on any atom is 0.405 e. The zero-order valence-electron chi connectivity index (χ0n) is 9.71. The molecule has 0 saturated carbocycles. The van der Waals surface area contributed by atoms with Gasteiger partial charge in [0.25, 0.3) is 0 Å². The molecule has 0 radical (unpaired) electrons. The van der Waals surface area contributed by atoms with E-state index in [2.05, 4.69) is 5.32 Å². The third-order valence-corrected chi connectivity index (χ3v) is 2.81. The normalized spacial score (nSPS) is 23.2. The SMILES string of the molecule is CC(C)(CC1CCCCNC1)OC(N)=O. The summed E-state index contributed by atoms with van der Waals surface area (Å²) in [6.45, 7) is 5.96. The van der Waals surface area contributed by atoms with Crippen molar-refractivity contribution in [2.24, 2.45) is 11.7 Å². The number of primary amides is 1. The highest BCUT2D eigenvalue weighted by atomic mass is 16.6. The number of nitrogens with one attached hydrogen (secondary N) is 1. The van der Waals surface area contributed by atoms with Gasteiger partial charge in [0.15, 0.2) is 0 Å². The summed E-state index contributed by atoms with van der Waals surface area (Å²) in [4.78, 5) is 10.7. The van der Waals surface area contributed by atoms with Crippen molar-refractivity contribution in [2.75, 3.05) is 13.1 Å². The maximum absolute atomic E-state index is 10.7. The van der Waals surface area contributed by atoms with E-state index in [-0.39, 0.29) is 0 Å². The lowest BCUT2D eigenvalue weighted by atomic mass is 9.90. The second-order valence-electron chi connectivity index (χ2n) is 4.95. The minimum atomic E-state index is -0.679. The van der Waals surface area contributed by atoms with Gasteiger partial charge in [0.2, 0.25) is 0 Å². The second-order valence-corrected chi connectivity index (χ2v) is 4.95. The van der Waals surface area contributed by atoms with Gasteiger partial charge in [-0.25, -0.2) is 4.79 Å². The molecule has 4 heteroatoms. The Morgan fingerprint density at radius 2 is 2.27 bits per heavy atom. The number of hydrogen-bond acceptors (Lipinski definition) is 3. The molecule has 0 aromatic rings. The van der Waals surface area contributed by atoms with Crippen LogP contribution in [0.5, 0.6) is 0 Å². The average Bonchev–Trinajstić information content (AvgIpc) is 2.29. The minimum absolute atomic E-state index is 0.442. The van der Waals surface area contributed by atoms with E-state index in [9.17, 15) is 4.79 Å². The van der Waals surface area contributed by atoms with E-state index >= 15 is 0 Å². The van der Waals surface area contributed by atoms with E-state index in [1.54, 1.807) is 0 Å². The number of carbonyl (C=O) groups is 1. The largest absolute Gasteiger partial charge is 0.444 e. The van der Waals surface area contributed by atoms with Gasteiger partial charge in [0.05, 0.1) is 0 Å². The number of carbonyl (C=O) groups excluding carboxylic acids is 1. The van der Waals surface area contributed by atoms with Gasteiger partial charge in [0, 0.05) is 0 Å². The molecule has 1 saturated heterocycles. The molecule has 1 amide bonds. The van der Waals surface area contributed by atoms with E-state index in [1.807, 2.05) is 13.8 Å². The van der Waals surface area contributed by atoms with Crippen LogP contribution in [-0.4, -0.2) is 24.8 Å². The maximum atomic E-state index is 10.7. The van der Waals surface area contributed by atoms with Crippen molar-refractivity contribution in [3.8, 4) is 0 Å². The summed E-state index contributed by atoms with van der Waals surface area (Å²) in [6, 6.07) is 0. The number of amides is 1. The van der Waals surface area contributed by atoms with Crippen LogP contribution in [0.4, 0.5) is 4.79 Å². The summed E-state index contributed by atoms with van der Waals surface area (Å²) in [5.74, 6) is 0.585. The average molecular weight is 214 g/mol. The molecule has 3 N–H and O–H groups in total. The van der Waals surface area contributed by atoms with Gasteiger partial charge in [0.1, 0.15) is 5.60 Å². The highest BCUT2D eigenvalue weighted by Gasteiger charge is 2.26. The van der Waals surface area contributed by atoms with E-state index < -0.39 is 11.7 Å². The highest BCUT2D eigenvalue weighted by Crippen LogP contribution is 2.25. The van der Waals surface area contributed by atoms with Gasteiger partial charge in [-0.1, -0.05) is 6.42 Å². The van der Waals surface area contributed by atoms with Crippen molar-refractivity contribution < 1.29 is 9.53 Å². The van der Waals surface area contributed by atoms with Gasteiger partial charge < -0.3 is 15.8 Å². The molecule has 1 fully saturated rings. The first kappa shape index (κ1) is 12.3. The second kappa shape index (κ2) is 5.35. The quantitative estimate of drug-likeness (QED) is 0.750. The predicted octanol–water partition coefficient (Wildman–Crippen LogP) is 1.64. The van der Waals surface area contributed by atoms with Gasteiger partial charge in [-0.05, 0) is 52.1 Å². The van der Waals surface area contributed by atoms with Crippen LogP contribution in [0.2, 0.25) is 0 Å². The Hall–Kier alpha value is -0.770. The first-order valence-corrected chi connectivity index (χ1v) is 5.69. The van der Waals surface area contributed by atoms with Crippen molar-refractivity contribution in [3.63, 3.8) is 0 Å². The van der Waals surface area contributed by atoms with E-state index in [0.29, 0.717) is 5.92 Å². The lowest BCUT2D eigenvalue weighted by molar-refractivity contribution is 0.0260. The van der Waals surface area contributed by atoms with E-state index in [4.69, 9.17) is 10.5 Å². The fraction of sp³-hybridized carbons (Fsp3) is 0.909. The number of rotatable bonds is 3. The number of nitrogens with two attached hydrogens (primary N) is 1. The van der Waals surface area contributed by atoms with Crippen LogP contribution in [0.1, 0.15) is 39.5 Å². The third-order valence-electron chi connectivity index (χ3n) is 2.81. The molecule has 88 valence electrons. The van der Waals surface area contributed by atoms with Crippen molar-refractivity contribution in [2.45, 2.75) is 45.1 Å². The van der Waals surface area contributed by atoms with Gasteiger partial charge in [-0.15, -0.1) is 0 Å². The van der Waals surface area contributed by atoms with Crippen LogP contribution in [-0.2, 0) is 4.74 Å². The number of hydrogen-bond donors (Lipinski definition) is 2. The van der Waals surface area contributed by atoms with Gasteiger partial charge in [-0.3, -0.25) is 0 Å². The summed E-state index contributed by atoms with van der Waals surface area (Å²) in [5.41, 5.74) is 4.60. The van der Waals surface area contributed by atoms with Crippen molar-refractivity contribution in [1.29, 1.82) is 0 Å². The Kier molecular flexibility index (Phi) is 4.39. The zero-order chi connectivity index (χ0) is 11.3. The molecule has 15 heavy (non-hydrogen) atoms. The Morgan fingerprint density at radius 1 is 1.53 bits per heavy atom. The molecule has 4 nitrogen and oxygen atoms in total. The van der Waals surface area contributed by atoms with Crippen molar-refractivity contribution in [1.82, 2.24) is 5.32 Å². The molecule has 1 heterocycles. The summed E-state index contributed by atoms with van der Waals surface area (Å²) < 4.78 is 5.09. The molecule has 1 atom stereocenters. The standard InChI is InChI=1S/C11H22N2O2/c1-11(2,15-10(12)14)7-9-5-3-4-6-13-8-9/h9,13H,3-8H2,1-2H3,(H2,12,14). The first-order valence-electron chi connectivity index (χ1n) is 5.69. The van der Waals surface area contributed by atoms with Crippen LogP contribution < -0.4 is 11.1 Å². The predicted molar refractivity (Wildman–Crippen MR) is 59.6 cm³/mol. The highest BCUT2D eigenvalue weighted by molar-refractivity contribution is 5.65. The molecule has 0 aromatic carbocycles. The summed E-state index contributed by atoms with van der Waals surface area (Å²) >= 11 is 0. The van der Waals surface area contributed by atoms with Crippen LogP contribution in [0.15, 0.2) is 0 Å². The molecule has 0 spiro atoms. The topological polar surface area (TPSA) is 64.3 Å². The summed E-state index contributed by atoms with van der Waals surface area (Å²) in [6.07, 6.45) is 3.90. The van der Waals surface area contributed by atoms with Gasteiger partial charge >= 0.3 is 6.09 Å². The lowest BCUT2D eigenvalue weighted by Gasteiger charge is -2.28. The lowest BCUT2D eigenvalue weighted by Crippen LogP contribution is -2.35. The molecule has 0 aromatic heterocycles. The fourth-order valence-corrected chi connectivity index (χ4v) is 2.27. The Balaban J connectivity index is 2.40. The first-order chi connectivity index (χ1) is 6.99. The molecule has 1 unspecified atom stereocenters. The van der Waals surface area contributed by atoms with Crippen LogP contribution in [0.25, 0.3) is 0 Å². The minimum Gasteiger partial charge on any atom is -0.444 e. The summed E-state index contributed by atoms with van der Waals surface area (Å²) in [7, 11) is 0. The molecule has 0 bridgehead atoms. The van der Waals surface area contributed by atoms with Crippen LogP contribution in [0.3, 0.4) is 0 Å². The Morgan fingerprint density at radius 3 is 2.93 bits per heavy atom. The molecule has 0 aliphatic carbocycles. The Labute approximate surface area is 91.5 Å². The number of ether oxygens (including phenoxy) is 1. The fourth-order valence-electron chi connectivity index (χ4n) is 2.27. The van der Waals surface area contributed by atoms with Crippen LogP contribution in [0, 0.1) is 5.92 Å².